The summed E-state index contributed by atoms with van der Waals surface area (Å²) in [6.45, 7) is 14.2. The summed E-state index contributed by atoms with van der Waals surface area (Å²) < 4.78 is 0. The molecule has 0 radical (unpaired) electrons. The van der Waals surface area contributed by atoms with Gasteiger partial charge in [0, 0.05) is 6.04 Å². The van der Waals surface area contributed by atoms with Crippen molar-refractivity contribution in [3.8, 4) is 0 Å². The Morgan fingerprint density at radius 2 is 1.75 bits per heavy atom. The summed E-state index contributed by atoms with van der Waals surface area (Å²) in [4.78, 5) is 2.59. The van der Waals surface area contributed by atoms with E-state index in [9.17, 15) is 5.11 Å². The molecule has 0 bridgehead atoms. The van der Waals surface area contributed by atoms with Gasteiger partial charge in [0.2, 0.25) is 0 Å². The minimum absolute atomic E-state index is 0.0971. The summed E-state index contributed by atoms with van der Waals surface area (Å²) in [6.07, 6.45) is 7.10. The standard InChI is InChI=1S/C18H35NO/c1-6-18(4,5)14-7-8-16(20)15(13-14)19-11-9-17(2,3)10-12-19/h14-16,20H,6-13H2,1-5H3. The van der Waals surface area contributed by atoms with E-state index in [1.54, 1.807) is 0 Å². The van der Waals surface area contributed by atoms with E-state index in [-0.39, 0.29) is 6.10 Å². The third kappa shape index (κ3) is 3.57. The highest BCUT2D eigenvalue weighted by molar-refractivity contribution is 4.93. The number of aliphatic hydroxyl groups excluding tert-OH is 1. The van der Waals surface area contributed by atoms with Gasteiger partial charge in [-0.1, -0.05) is 41.0 Å². The first-order valence-corrected chi connectivity index (χ1v) is 8.67. The van der Waals surface area contributed by atoms with Gasteiger partial charge in [0.05, 0.1) is 6.10 Å². The molecule has 0 aromatic rings. The van der Waals surface area contributed by atoms with Crippen LogP contribution in [0.3, 0.4) is 0 Å². The molecule has 0 aromatic heterocycles. The summed E-state index contributed by atoms with van der Waals surface area (Å²) in [5, 5.41) is 10.5. The molecule has 1 aliphatic carbocycles. The van der Waals surface area contributed by atoms with Crippen LogP contribution in [0.5, 0.6) is 0 Å². The van der Waals surface area contributed by atoms with Gasteiger partial charge in [-0.15, -0.1) is 0 Å². The highest BCUT2D eigenvalue weighted by atomic mass is 16.3. The van der Waals surface area contributed by atoms with Gasteiger partial charge in [-0.25, -0.2) is 0 Å². The SMILES string of the molecule is CCC(C)(C)C1CCC(O)C(N2CCC(C)(C)CC2)C1. The zero-order chi connectivity index (χ0) is 15.0. The van der Waals surface area contributed by atoms with Gasteiger partial charge in [0.1, 0.15) is 0 Å². The van der Waals surface area contributed by atoms with Crippen LogP contribution in [0.2, 0.25) is 0 Å². The second kappa shape index (κ2) is 5.96. The Bertz CT molecular complexity index is 313. The quantitative estimate of drug-likeness (QED) is 0.843. The number of likely N-dealkylation sites (tertiary alicyclic amines) is 1. The van der Waals surface area contributed by atoms with Crippen LogP contribution in [0.15, 0.2) is 0 Å². The summed E-state index contributed by atoms with van der Waals surface area (Å²) >= 11 is 0. The normalized spacial score (nSPS) is 36.0. The molecule has 118 valence electrons. The highest BCUT2D eigenvalue weighted by Gasteiger charge is 2.40. The summed E-state index contributed by atoms with van der Waals surface area (Å²) in [6, 6.07) is 0.413. The zero-order valence-corrected chi connectivity index (χ0v) is 14.3. The van der Waals surface area contributed by atoms with Gasteiger partial charge in [-0.05, 0) is 61.9 Å². The Kier molecular flexibility index (Phi) is 4.86. The van der Waals surface area contributed by atoms with Crippen molar-refractivity contribution in [1.82, 2.24) is 4.90 Å². The smallest absolute Gasteiger partial charge is 0.0695 e. The van der Waals surface area contributed by atoms with Crippen molar-refractivity contribution in [3.05, 3.63) is 0 Å². The van der Waals surface area contributed by atoms with Gasteiger partial charge >= 0.3 is 0 Å². The van der Waals surface area contributed by atoms with Crippen molar-refractivity contribution in [3.63, 3.8) is 0 Å². The summed E-state index contributed by atoms with van der Waals surface area (Å²) in [7, 11) is 0. The van der Waals surface area contributed by atoms with E-state index in [0.717, 1.165) is 12.3 Å². The molecule has 2 fully saturated rings. The average Bonchev–Trinajstić information content (AvgIpc) is 2.39. The van der Waals surface area contributed by atoms with Crippen molar-refractivity contribution in [2.75, 3.05) is 13.1 Å². The van der Waals surface area contributed by atoms with E-state index in [2.05, 4.69) is 39.5 Å². The molecular weight excluding hydrogens is 246 g/mol. The molecule has 0 spiro atoms. The maximum absolute atomic E-state index is 10.5. The van der Waals surface area contributed by atoms with Crippen LogP contribution in [0.4, 0.5) is 0 Å². The fourth-order valence-corrected chi connectivity index (χ4v) is 3.98. The van der Waals surface area contributed by atoms with Crippen LogP contribution in [0.25, 0.3) is 0 Å². The Morgan fingerprint density at radius 3 is 2.30 bits per heavy atom. The molecule has 3 unspecified atom stereocenters. The van der Waals surface area contributed by atoms with Crippen LogP contribution in [0.1, 0.15) is 73.1 Å². The minimum Gasteiger partial charge on any atom is -0.391 e. The predicted molar refractivity (Wildman–Crippen MR) is 85.8 cm³/mol. The van der Waals surface area contributed by atoms with Crippen LogP contribution < -0.4 is 0 Å². The van der Waals surface area contributed by atoms with E-state index in [1.165, 1.54) is 45.2 Å². The number of piperidine rings is 1. The van der Waals surface area contributed by atoms with Crippen LogP contribution in [-0.4, -0.2) is 35.2 Å². The molecule has 1 N–H and O–H groups in total. The molecule has 1 aliphatic heterocycles. The van der Waals surface area contributed by atoms with Gasteiger partial charge in [-0.3, -0.25) is 4.90 Å². The van der Waals surface area contributed by atoms with E-state index in [4.69, 9.17) is 0 Å². The molecule has 1 saturated heterocycles. The number of aliphatic hydroxyl groups is 1. The van der Waals surface area contributed by atoms with Crippen LogP contribution in [-0.2, 0) is 0 Å². The molecule has 2 rings (SSSR count). The third-order valence-corrected chi connectivity index (χ3v) is 6.42. The fourth-order valence-electron chi connectivity index (χ4n) is 3.98. The van der Waals surface area contributed by atoms with Gasteiger partial charge < -0.3 is 5.11 Å². The Morgan fingerprint density at radius 1 is 1.15 bits per heavy atom. The second-order valence-electron chi connectivity index (χ2n) is 8.69. The Labute approximate surface area is 125 Å². The number of rotatable bonds is 3. The molecule has 2 aliphatic rings. The first kappa shape index (κ1) is 16.3. The predicted octanol–water partition coefficient (Wildman–Crippen LogP) is 4.07. The van der Waals surface area contributed by atoms with Crippen molar-refractivity contribution >= 4 is 0 Å². The second-order valence-corrected chi connectivity index (χ2v) is 8.69. The topological polar surface area (TPSA) is 23.5 Å². The number of hydrogen-bond donors (Lipinski definition) is 1. The first-order chi connectivity index (χ1) is 9.25. The molecule has 1 heterocycles. The average molecular weight is 281 g/mol. The van der Waals surface area contributed by atoms with E-state index in [1.807, 2.05) is 0 Å². The maximum Gasteiger partial charge on any atom is 0.0695 e. The van der Waals surface area contributed by atoms with Crippen molar-refractivity contribution < 1.29 is 5.11 Å². The maximum atomic E-state index is 10.5. The van der Waals surface area contributed by atoms with E-state index < -0.39 is 0 Å². The highest BCUT2D eigenvalue weighted by Crippen LogP contribution is 2.43. The number of hydrogen-bond acceptors (Lipinski definition) is 2. The monoisotopic (exact) mass is 281 g/mol. The fraction of sp³-hybridized carbons (Fsp3) is 1.00. The third-order valence-electron chi connectivity index (χ3n) is 6.42. The van der Waals surface area contributed by atoms with E-state index in [0.29, 0.717) is 16.9 Å². The lowest BCUT2D eigenvalue weighted by Crippen LogP contribution is -2.52. The Hall–Kier alpha value is -0.0800. The summed E-state index contributed by atoms with van der Waals surface area (Å²) in [5.41, 5.74) is 0.922. The lowest BCUT2D eigenvalue weighted by molar-refractivity contribution is -0.0381. The van der Waals surface area contributed by atoms with E-state index >= 15 is 0 Å². The summed E-state index contributed by atoms with van der Waals surface area (Å²) in [5.74, 6) is 0.774. The van der Waals surface area contributed by atoms with Crippen molar-refractivity contribution in [1.29, 1.82) is 0 Å². The molecule has 1 saturated carbocycles. The molecule has 2 nitrogen and oxygen atoms in total. The molecule has 0 aromatic carbocycles. The largest absolute Gasteiger partial charge is 0.391 e. The lowest BCUT2D eigenvalue weighted by Gasteiger charge is -2.48. The minimum atomic E-state index is -0.0971. The van der Waals surface area contributed by atoms with Crippen LogP contribution in [0, 0.1) is 16.7 Å². The van der Waals surface area contributed by atoms with Gasteiger partial charge in [0.25, 0.3) is 0 Å². The molecule has 0 amide bonds. The van der Waals surface area contributed by atoms with Crippen molar-refractivity contribution in [2.24, 2.45) is 16.7 Å². The lowest BCUT2D eigenvalue weighted by atomic mass is 9.67. The zero-order valence-electron chi connectivity index (χ0n) is 14.3. The Balaban J connectivity index is 1.99. The number of nitrogens with zero attached hydrogens (tertiary/aromatic N) is 1. The molecule has 3 atom stereocenters. The molecular formula is C18H35NO. The van der Waals surface area contributed by atoms with Crippen LogP contribution >= 0.6 is 0 Å². The van der Waals surface area contributed by atoms with Gasteiger partial charge in [-0.2, -0.15) is 0 Å². The van der Waals surface area contributed by atoms with Gasteiger partial charge in [0.15, 0.2) is 0 Å². The molecule has 20 heavy (non-hydrogen) atoms. The van der Waals surface area contributed by atoms with Crippen molar-refractivity contribution in [2.45, 2.75) is 85.3 Å². The first-order valence-electron chi connectivity index (χ1n) is 8.67. The molecule has 2 heteroatoms.